The van der Waals surface area contributed by atoms with Gasteiger partial charge in [-0.1, -0.05) is 18.2 Å². The average molecular weight is 301 g/mol. The Bertz CT molecular complexity index is 631. The summed E-state index contributed by atoms with van der Waals surface area (Å²) in [5.41, 5.74) is 2.14. The van der Waals surface area contributed by atoms with Gasteiger partial charge in [-0.15, -0.1) is 0 Å². The molecule has 0 aliphatic carbocycles. The molecule has 0 atom stereocenters. The maximum Gasteiger partial charge on any atom is 0.220 e. The standard InChI is InChI=1S/C18H23NO3/c1-13-7-4-5-8-17(13)21-10-6-9-18(20)19-12-16-11-14(2)22-15(16)3/h4-5,7-8,11H,6,9-10,12H2,1-3H3,(H,19,20). The third-order valence-corrected chi connectivity index (χ3v) is 3.52. The van der Waals surface area contributed by atoms with Gasteiger partial charge in [-0.05, 0) is 44.9 Å². The third kappa shape index (κ3) is 4.65. The SMILES string of the molecule is Cc1cc(CNC(=O)CCCOc2ccccc2C)c(C)o1. The zero-order valence-electron chi connectivity index (χ0n) is 13.4. The molecular formula is C18H23NO3. The largest absolute Gasteiger partial charge is 0.493 e. The quantitative estimate of drug-likeness (QED) is 0.794. The lowest BCUT2D eigenvalue weighted by atomic mass is 10.2. The molecule has 0 radical (unpaired) electrons. The van der Waals surface area contributed by atoms with Crippen molar-refractivity contribution < 1.29 is 13.9 Å². The normalized spacial score (nSPS) is 10.5. The van der Waals surface area contributed by atoms with E-state index < -0.39 is 0 Å². The Balaban J connectivity index is 1.66. The van der Waals surface area contributed by atoms with Crippen molar-refractivity contribution >= 4 is 5.91 Å². The highest BCUT2D eigenvalue weighted by Gasteiger charge is 2.07. The Hall–Kier alpha value is -2.23. The highest BCUT2D eigenvalue weighted by molar-refractivity contribution is 5.75. The minimum atomic E-state index is 0.0339. The van der Waals surface area contributed by atoms with Gasteiger partial charge in [0.2, 0.25) is 5.91 Å². The monoisotopic (exact) mass is 301 g/mol. The summed E-state index contributed by atoms with van der Waals surface area (Å²) in [6, 6.07) is 9.84. The van der Waals surface area contributed by atoms with Crippen molar-refractivity contribution in [2.24, 2.45) is 0 Å². The molecule has 1 N–H and O–H groups in total. The summed E-state index contributed by atoms with van der Waals surface area (Å²) >= 11 is 0. The maximum absolute atomic E-state index is 11.8. The number of nitrogens with one attached hydrogen (secondary N) is 1. The van der Waals surface area contributed by atoms with E-state index in [9.17, 15) is 4.79 Å². The molecule has 22 heavy (non-hydrogen) atoms. The van der Waals surface area contributed by atoms with E-state index in [0.29, 0.717) is 26.0 Å². The number of furan rings is 1. The van der Waals surface area contributed by atoms with Gasteiger partial charge in [-0.3, -0.25) is 4.79 Å². The number of carbonyl (C=O) groups is 1. The van der Waals surface area contributed by atoms with Crippen molar-refractivity contribution in [3.8, 4) is 5.75 Å². The summed E-state index contributed by atoms with van der Waals surface area (Å²) in [7, 11) is 0. The predicted octanol–water partition coefficient (Wildman–Crippen LogP) is 3.68. The van der Waals surface area contributed by atoms with Gasteiger partial charge in [0.05, 0.1) is 6.61 Å². The van der Waals surface area contributed by atoms with Crippen LogP contribution in [0.25, 0.3) is 0 Å². The van der Waals surface area contributed by atoms with Crippen LogP contribution in [0.5, 0.6) is 5.75 Å². The molecule has 0 aliphatic rings. The van der Waals surface area contributed by atoms with Crippen molar-refractivity contribution in [1.29, 1.82) is 0 Å². The van der Waals surface area contributed by atoms with E-state index in [0.717, 1.165) is 28.4 Å². The smallest absolute Gasteiger partial charge is 0.220 e. The number of para-hydroxylation sites is 1. The van der Waals surface area contributed by atoms with Gasteiger partial charge in [0, 0.05) is 18.5 Å². The first kappa shape index (κ1) is 16.1. The van der Waals surface area contributed by atoms with Crippen LogP contribution in [0, 0.1) is 20.8 Å². The molecule has 1 aromatic heterocycles. The minimum absolute atomic E-state index is 0.0339. The van der Waals surface area contributed by atoms with E-state index in [1.165, 1.54) is 0 Å². The Morgan fingerprint density at radius 1 is 1.23 bits per heavy atom. The van der Waals surface area contributed by atoms with Crippen molar-refractivity contribution in [2.75, 3.05) is 6.61 Å². The first-order valence-electron chi connectivity index (χ1n) is 7.57. The van der Waals surface area contributed by atoms with Crippen molar-refractivity contribution in [2.45, 2.75) is 40.2 Å². The number of rotatable bonds is 7. The fraction of sp³-hybridized carbons (Fsp3) is 0.389. The fourth-order valence-corrected chi connectivity index (χ4v) is 2.27. The number of amides is 1. The molecule has 4 nitrogen and oxygen atoms in total. The van der Waals surface area contributed by atoms with Crippen LogP contribution in [0.15, 0.2) is 34.7 Å². The Labute approximate surface area is 131 Å². The van der Waals surface area contributed by atoms with E-state index in [4.69, 9.17) is 9.15 Å². The van der Waals surface area contributed by atoms with Crippen molar-refractivity contribution in [3.63, 3.8) is 0 Å². The number of carbonyl (C=O) groups excluding carboxylic acids is 1. The van der Waals surface area contributed by atoms with Gasteiger partial charge in [0.1, 0.15) is 17.3 Å². The van der Waals surface area contributed by atoms with Crippen LogP contribution in [0.3, 0.4) is 0 Å². The van der Waals surface area contributed by atoms with Gasteiger partial charge in [0.15, 0.2) is 0 Å². The van der Waals surface area contributed by atoms with Crippen LogP contribution in [0.2, 0.25) is 0 Å². The lowest BCUT2D eigenvalue weighted by Crippen LogP contribution is -2.23. The molecule has 2 rings (SSSR count). The second-order valence-corrected chi connectivity index (χ2v) is 5.43. The Morgan fingerprint density at radius 2 is 2.00 bits per heavy atom. The molecule has 1 amide bonds. The number of hydrogen-bond donors (Lipinski definition) is 1. The first-order valence-corrected chi connectivity index (χ1v) is 7.57. The van der Waals surface area contributed by atoms with Crippen LogP contribution in [0.4, 0.5) is 0 Å². The molecule has 118 valence electrons. The van der Waals surface area contributed by atoms with Gasteiger partial charge >= 0.3 is 0 Å². The highest BCUT2D eigenvalue weighted by Crippen LogP contribution is 2.16. The molecule has 1 aromatic carbocycles. The summed E-state index contributed by atoms with van der Waals surface area (Å²) < 4.78 is 11.1. The van der Waals surface area contributed by atoms with Gasteiger partial charge in [-0.25, -0.2) is 0 Å². The molecule has 0 fully saturated rings. The first-order chi connectivity index (χ1) is 10.6. The number of aryl methyl sites for hydroxylation is 3. The molecule has 2 aromatic rings. The zero-order chi connectivity index (χ0) is 15.9. The second-order valence-electron chi connectivity index (χ2n) is 5.43. The van der Waals surface area contributed by atoms with Crippen LogP contribution < -0.4 is 10.1 Å². The van der Waals surface area contributed by atoms with Crippen LogP contribution in [-0.2, 0) is 11.3 Å². The van der Waals surface area contributed by atoms with Gasteiger partial charge in [-0.2, -0.15) is 0 Å². The summed E-state index contributed by atoms with van der Waals surface area (Å²) in [4.78, 5) is 11.8. The highest BCUT2D eigenvalue weighted by atomic mass is 16.5. The van der Waals surface area contributed by atoms with E-state index in [1.807, 2.05) is 51.1 Å². The lowest BCUT2D eigenvalue weighted by molar-refractivity contribution is -0.121. The molecule has 0 bridgehead atoms. The molecule has 0 aliphatic heterocycles. The lowest BCUT2D eigenvalue weighted by Gasteiger charge is -2.08. The Morgan fingerprint density at radius 3 is 2.68 bits per heavy atom. The number of ether oxygens (including phenoxy) is 1. The summed E-state index contributed by atoms with van der Waals surface area (Å²) in [6.07, 6.45) is 1.16. The molecule has 0 saturated carbocycles. The van der Waals surface area contributed by atoms with Crippen molar-refractivity contribution in [1.82, 2.24) is 5.32 Å². The van der Waals surface area contributed by atoms with E-state index in [1.54, 1.807) is 0 Å². The molecule has 1 heterocycles. The molecule has 0 unspecified atom stereocenters. The van der Waals surface area contributed by atoms with E-state index in [2.05, 4.69) is 5.32 Å². The summed E-state index contributed by atoms with van der Waals surface area (Å²) in [5.74, 6) is 2.65. The van der Waals surface area contributed by atoms with Gasteiger partial charge in [0.25, 0.3) is 0 Å². The number of hydrogen-bond acceptors (Lipinski definition) is 3. The minimum Gasteiger partial charge on any atom is -0.493 e. The van der Waals surface area contributed by atoms with Crippen molar-refractivity contribution in [3.05, 3.63) is 53.0 Å². The average Bonchev–Trinajstić information content (AvgIpc) is 2.81. The Kier molecular flexibility index (Phi) is 5.64. The van der Waals surface area contributed by atoms with Crippen LogP contribution >= 0.6 is 0 Å². The third-order valence-electron chi connectivity index (χ3n) is 3.52. The molecular weight excluding hydrogens is 278 g/mol. The topological polar surface area (TPSA) is 51.5 Å². The second kappa shape index (κ2) is 7.69. The molecule has 4 heteroatoms. The fourth-order valence-electron chi connectivity index (χ4n) is 2.27. The number of benzene rings is 1. The predicted molar refractivity (Wildman–Crippen MR) is 85.9 cm³/mol. The zero-order valence-corrected chi connectivity index (χ0v) is 13.4. The van der Waals surface area contributed by atoms with Crippen LogP contribution in [-0.4, -0.2) is 12.5 Å². The molecule has 0 spiro atoms. The van der Waals surface area contributed by atoms with E-state index in [-0.39, 0.29) is 5.91 Å². The van der Waals surface area contributed by atoms with Crippen LogP contribution in [0.1, 0.15) is 35.5 Å². The maximum atomic E-state index is 11.8. The molecule has 0 saturated heterocycles. The summed E-state index contributed by atoms with van der Waals surface area (Å²) in [5, 5.41) is 2.91. The van der Waals surface area contributed by atoms with Gasteiger partial charge < -0.3 is 14.5 Å². The van der Waals surface area contributed by atoms with E-state index >= 15 is 0 Å². The summed E-state index contributed by atoms with van der Waals surface area (Å²) in [6.45, 7) is 6.88.